The summed E-state index contributed by atoms with van der Waals surface area (Å²) < 4.78 is 10.6. The van der Waals surface area contributed by atoms with Gasteiger partial charge >= 0.3 is 6.09 Å². The fourth-order valence-electron chi connectivity index (χ4n) is 4.93. The minimum absolute atomic E-state index is 0.233. The highest BCUT2D eigenvalue weighted by molar-refractivity contribution is 5.68. The number of carbonyl (C=O) groups excluding carboxylic acids is 1. The Kier molecular flexibility index (Phi) is 6.38. The van der Waals surface area contributed by atoms with E-state index >= 15 is 0 Å². The number of carbonyl (C=O) groups is 1. The first kappa shape index (κ1) is 20.5. The normalized spacial score (nSPS) is 23.6. The molecule has 2 saturated heterocycles. The second-order valence-electron chi connectivity index (χ2n) is 8.13. The third-order valence-corrected chi connectivity index (χ3v) is 6.39. The lowest BCUT2D eigenvalue weighted by Gasteiger charge is -2.38. The van der Waals surface area contributed by atoms with E-state index in [0.717, 1.165) is 38.3 Å². The number of benzene rings is 2. The topological polar surface area (TPSA) is 42.0 Å². The Balaban J connectivity index is 1.55. The van der Waals surface area contributed by atoms with Crippen molar-refractivity contribution in [2.45, 2.75) is 24.9 Å². The van der Waals surface area contributed by atoms with E-state index in [2.05, 4.69) is 53.9 Å². The fraction of sp³-hybridized carbons (Fsp3) is 0.400. The highest BCUT2D eigenvalue weighted by atomic mass is 16.6. The van der Waals surface area contributed by atoms with E-state index in [4.69, 9.17) is 9.47 Å². The number of likely N-dealkylation sites (tertiary alicyclic amines) is 2. The van der Waals surface area contributed by atoms with Gasteiger partial charge in [-0.15, -0.1) is 0 Å². The minimum atomic E-state index is -0.233. The van der Waals surface area contributed by atoms with Crippen LogP contribution in [0.2, 0.25) is 0 Å². The van der Waals surface area contributed by atoms with E-state index in [9.17, 15) is 4.79 Å². The maximum Gasteiger partial charge on any atom is 0.410 e. The molecular formula is C25H30N2O3. The molecule has 5 heteroatoms. The van der Waals surface area contributed by atoms with Gasteiger partial charge in [0, 0.05) is 44.1 Å². The Morgan fingerprint density at radius 3 is 2.60 bits per heavy atom. The van der Waals surface area contributed by atoms with Crippen molar-refractivity contribution < 1.29 is 14.3 Å². The molecule has 2 fully saturated rings. The Labute approximate surface area is 178 Å². The molecule has 0 radical (unpaired) electrons. The number of amides is 1. The van der Waals surface area contributed by atoms with Crippen LogP contribution < -0.4 is 4.74 Å². The molecule has 2 aliphatic rings. The average molecular weight is 407 g/mol. The maximum atomic E-state index is 12.5. The molecule has 158 valence electrons. The molecule has 2 aromatic carbocycles. The lowest BCUT2D eigenvalue weighted by atomic mass is 9.82. The van der Waals surface area contributed by atoms with Gasteiger partial charge in [0.25, 0.3) is 0 Å². The van der Waals surface area contributed by atoms with Gasteiger partial charge in [-0.2, -0.15) is 0 Å². The SMILES string of the molecule is C=CCOC(=O)N1CC[C@@H]2[C@H](C1)[C@@H](c1ccc(OC)cc1)CN2Cc1ccccc1. The molecular weight excluding hydrogens is 376 g/mol. The van der Waals surface area contributed by atoms with Crippen molar-refractivity contribution in [3.8, 4) is 5.75 Å². The summed E-state index contributed by atoms with van der Waals surface area (Å²) in [6.45, 7) is 7.28. The zero-order valence-corrected chi connectivity index (χ0v) is 17.6. The molecule has 30 heavy (non-hydrogen) atoms. The van der Waals surface area contributed by atoms with Crippen molar-refractivity contribution in [2.75, 3.05) is 33.4 Å². The molecule has 2 aromatic rings. The molecule has 2 aliphatic heterocycles. The Morgan fingerprint density at radius 2 is 1.90 bits per heavy atom. The molecule has 0 bridgehead atoms. The molecule has 4 rings (SSSR count). The zero-order valence-electron chi connectivity index (χ0n) is 17.6. The smallest absolute Gasteiger partial charge is 0.410 e. The van der Waals surface area contributed by atoms with Crippen LogP contribution in [-0.4, -0.2) is 55.3 Å². The van der Waals surface area contributed by atoms with Crippen LogP contribution in [0.4, 0.5) is 4.79 Å². The zero-order chi connectivity index (χ0) is 20.9. The van der Waals surface area contributed by atoms with Gasteiger partial charge < -0.3 is 14.4 Å². The lowest BCUT2D eigenvalue weighted by molar-refractivity contribution is 0.0723. The average Bonchev–Trinajstić information content (AvgIpc) is 3.15. The molecule has 0 N–H and O–H groups in total. The molecule has 2 heterocycles. The molecule has 0 saturated carbocycles. The van der Waals surface area contributed by atoms with E-state index < -0.39 is 0 Å². The van der Waals surface area contributed by atoms with Gasteiger partial charge in [-0.05, 0) is 29.7 Å². The van der Waals surface area contributed by atoms with Gasteiger partial charge in [0.1, 0.15) is 12.4 Å². The second-order valence-corrected chi connectivity index (χ2v) is 8.13. The largest absolute Gasteiger partial charge is 0.497 e. The number of nitrogens with zero attached hydrogens (tertiary/aromatic N) is 2. The van der Waals surface area contributed by atoms with Crippen LogP contribution in [0.5, 0.6) is 5.75 Å². The Bertz CT molecular complexity index is 852. The first-order chi connectivity index (χ1) is 14.7. The van der Waals surface area contributed by atoms with E-state index in [-0.39, 0.29) is 12.7 Å². The maximum absolute atomic E-state index is 12.5. The van der Waals surface area contributed by atoms with Crippen molar-refractivity contribution in [3.05, 3.63) is 78.4 Å². The molecule has 0 aromatic heterocycles. The number of rotatable bonds is 6. The quantitative estimate of drug-likeness (QED) is 0.671. The molecule has 0 aliphatic carbocycles. The molecule has 0 spiro atoms. The summed E-state index contributed by atoms with van der Waals surface area (Å²) in [5.74, 6) is 1.62. The monoisotopic (exact) mass is 406 g/mol. The van der Waals surface area contributed by atoms with Crippen LogP contribution >= 0.6 is 0 Å². The van der Waals surface area contributed by atoms with Gasteiger partial charge in [0.15, 0.2) is 0 Å². The number of piperidine rings is 1. The van der Waals surface area contributed by atoms with Crippen LogP contribution in [-0.2, 0) is 11.3 Å². The standard InChI is InChI=1S/C25H30N2O3/c1-3-15-30-25(28)26-14-13-24-23(18-26)22(20-9-11-21(29-2)12-10-20)17-27(24)16-19-7-5-4-6-8-19/h3-12,22-24H,1,13-18H2,2H3/t22-,23-,24-/m1/s1. The summed E-state index contributed by atoms with van der Waals surface area (Å²) in [5, 5.41) is 0. The number of hydrogen-bond donors (Lipinski definition) is 0. The van der Waals surface area contributed by atoms with Gasteiger partial charge in [0.2, 0.25) is 0 Å². The summed E-state index contributed by atoms with van der Waals surface area (Å²) in [6, 6.07) is 19.5. The van der Waals surface area contributed by atoms with Crippen LogP contribution in [0.15, 0.2) is 67.3 Å². The van der Waals surface area contributed by atoms with Gasteiger partial charge in [-0.3, -0.25) is 4.90 Å². The third-order valence-electron chi connectivity index (χ3n) is 6.39. The van der Waals surface area contributed by atoms with E-state index in [1.54, 1.807) is 13.2 Å². The van der Waals surface area contributed by atoms with Crippen molar-refractivity contribution in [2.24, 2.45) is 5.92 Å². The minimum Gasteiger partial charge on any atom is -0.497 e. The van der Waals surface area contributed by atoms with Crippen LogP contribution in [0.1, 0.15) is 23.5 Å². The number of hydrogen-bond acceptors (Lipinski definition) is 4. The van der Waals surface area contributed by atoms with Gasteiger partial charge in [0.05, 0.1) is 7.11 Å². The molecule has 1 amide bonds. The van der Waals surface area contributed by atoms with Crippen LogP contribution in [0, 0.1) is 5.92 Å². The van der Waals surface area contributed by atoms with Gasteiger partial charge in [-0.1, -0.05) is 55.1 Å². The molecule has 5 nitrogen and oxygen atoms in total. The highest BCUT2D eigenvalue weighted by Gasteiger charge is 2.46. The second kappa shape index (κ2) is 9.35. The number of ether oxygens (including phenoxy) is 2. The van der Waals surface area contributed by atoms with E-state index in [1.807, 2.05) is 17.0 Å². The van der Waals surface area contributed by atoms with Crippen molar-refractivity contribution >= 4 is 6.09 Å². The van der Waals surface area contributed by atoms with E-state index in [1.165, 1.54) is 11.1 Å². The lowest BCUT2D eigenvalue weighted by Crippen LogP contribution is -2.48. The van der Waals surface area contributed by atoms with Crippen LogP contribution in [0.3, 0.4) is 0 Å². The highest BCUT2D eigenvalue weighted by Crippen LogP contribution is 2.42. The summed E-state index contributed by atoms with van der Waals surface area (Å²) in [7, 11) is 1.69. The number of fused-ring (bicyclic) bond motifs is 1. The molecule has 3 atom stereocenters. The van der Waals surface area contributed by atoms with Gasteiger partial charge in [-0.25, -0.2) is 4.79 Å². The van der Waals surface area contributed by atoms with E-state index in [0.29, 0.717) is 17.9 Å². The predicted octanol–water partition coefficient (Wildman–Crippen LogP) is 4.31. The summed E-state index contributed by atoms with van der Waals surface area (Å²) in [5.41, 5.74) is 2.64. The molecule has 0 unspecified atom stereocenters. The number of methoxy groups -OCH3 is 1. The van der Waals surface area contributed by atoms with Crippen molar-refractivity contribution in [3.63, 3.8) is 0 Å². The predicted molar refractivity (Wildman–Crippen MR) is 118 cm³/mol. The summed E-state index contributed by atoms with van der Waals surface area (Å²) >= 11 is 0. The summed E-state index contributed by atoms with van der Waals surface area (Å²) in [6.07, 6.45) is 2.35. The third kappa shape index (κ3) is 4.36. The fourth-order valence-corrected chi connectivity index (χ4v) is 4.93. The first-order valence-corrected chi connectivity index (χ1v) is 10.6. The Morgan fingerprint density at radius 1 is 1.13 bits per heavy atom. The van der Waals surface area contributed by atoms with Crippen molar-refractivity contribution in [1.82, 2.24) is 9.80 Å². The summed E-state index contributed by atoms with van der Waals surface area (Å²) in [4.78, 5) is 16.9. The first-order valence-electron chi connectivity index (χ1n) is 10.6. The van der Waals surface area contributed by atoms with Crippen molar-refractivity contribution in [1.29, 1.82) is 0 Å². The Hall–Kier alpha value is -2.79. The van der Waals surface area contributed by atoms with Crippen LogP contribution in [0.25, 0.3) is 0 Å².